The maximum Gasteiger partial charge on any atom is 0.517 e. The van der Waals surface area contributed by atoms with Crippen molar-refractivity contribution in [3.63, 3.8) is 0 Å². The van der Waals surface area contributed by atoms with Gasteiger partial charge in [-0.1, -0.05) is 6.58 Å². The molecule has 1 amide bonds. The molecular weight excluding hydrogens is 110 g/mol. The van der Waals surface area contributed by atoms with E-state index in [0.29, 0.717) is 0 Å². The molecule has 0 atom stereocenters. The first-order chi connectivity index (χ1) is 3.55. The summed E-state index contributed by atoms with van der Waals surface area (Å²) in [7, 11) is 0. The highest BCUT2D eigenvalue weighted by atomic mass is 16.6. The van der Waals surface area contributed by atoms with Gasteiger partial charge in [0.1, 0.15) is 0 Å². The van der Waals surface area contributed by atoms with Crippen molar-refractivity contribution in [3.05, 3.63) is 17.1 Å². The first kappa shape index (κ1) is 6.81. The van der Waals surface area contributed by atoms with Gasteiger partial charge in [-0.15, -0.1) is 0 Å². The fourth-order valence-electron chi connectivity index (χ4n) is 0.163. The van der Waals surface area contributed by atoms with Crippen LogP contribution >= 0.6 is 0 Å². The van der Waals surface area contributed by atoms with E-state index in [0.717, 1.165) is 0 Å². The third kappa shape index (κ3) is 1.51. The van der Waals surface area contributed by atoms with Crippen molar-refractivity contribution >= 4 is 5.91 Å². The number of rotatable bonds is 1. The monoisotopic (exact) mass is 116 g/mol. The molecule has 0 aromatic carbocycles. The van der Waals surface area contributed by atoms with Crippen molar-refractivity contribution in [2.24, 2.45) is 0 Å². The second kappa shape index (κ2) is 2.20. The summed E-state index contributed by atoms with van der Waals surface area (Å²) in [4.78, 5) is 19.0. The Morgan fingerprint density at radius 3 is 2.12 bits per heavy atom. The van der Waals surface area contributed by atoms with E-state index in [1.54, 1.807) is 0 Å². The van der Waals surface area contributed by atoms with Crippen LogP contribution in [0.5, 0.6) is 0 Å². The standard InChI is InChI=1S/C4H6NO3/c1-3(2)4(6)5(7)8/h1H2,2H3,(H,7,8)/q+1. The molecule has 0 aromatic rings. The van der Waals surface area contributed by atoms with Gasteiger partial charge in [-0.2, -0.15) is 0 Å². The van der Waals surface area contributed by atoms with Crippen LogP contribution in [0.25, 0.3) is 0 Å². The van der Waals surface area contributed by atoms with Gasteiger partial charge in [0, 0.05) is 0 Å². The minimum Gasteiger partial charge on any atom is -0.238 e. The van der Waals surface area contributed by atoms with Crippen LogP contribution < -0.4 is 0 Å². The SMILES string of the molecule is C=C(C)C(=O)[N+](=O)O. The zero-order valence-electron chi connectivity index (χ0n) is 4.42. The highest BCUT2D eigenvalue weighted by Gasteiger charge is 2.21. The predicted octanol–water partition coefficient (Wildman–Crippen LogP) is 0.257. The Morgan fingerprint density at radius 2 is 2.12 bits per heavy atom. The summed E-state index contributed by atoms with van der Waals surface area (Å²) in [5, 5.41) is 7.86. The summed E-state index contributed by atoms with van der Waals surface area (Å²) in [5.74, 6) is -1.01. The van der Waals surface area contributed by atoms with E-state index in [-0.39, 0.29) is 5.57 Å². The summed E-state index contributed by atoms with van der Waals surface area (Å²) in [6.07, 6.45) is 0. The topological polar surface area (TPSA) is 57.4 Å². The Morgan fingerprint density at radius 1 is 1.75 bits per heavy atom. The average molecular weight is 116 g/mol. The third-order valence-electron chi connectivity index (χ3n) is 0.539. The Labute approximate surface area is 46.0 Å². The molecule has 0 radical (unpaired) electrons. The van der Waals surface area contributed by atoms with Crippen LogP contribution in [0.1, 0.15) is 6.92 Å². The number of amides is 1. The predicted molar refractivity (Wildman–Crippen MR) is 25.2 cm³/mol. The van der Waals surface area contributed by atoms with Gasteiger partial charge in [0.2, 0.25) is 0 Å². The zero-order valence-corrected chi connectivity index (χ0v) is 4.42. The van der Waals surface area contributed by atoms with E-state index in [9.17, 15) is 9.70 Å². The molecule has 44 valence electrons. The van der Waals surface area contributed by atoms with Gasteiger partial charge in [0.15, 0.2) is 0 Å². The van der Waals surface area contributed by atoms with Crippen LogP contribution in [0.2, 0.25) is 0 Å². The first-order valence-corrected chi connectivity index (χ1v) is 1.91. The molecule has 0 rings (SSSR count). The summed E-state index contributed by atoms with van der Waals surface area (Å²) in [5.41, 5.74) is 0.0162. The van der Waals surface area contributed by atoms with Crippen LogP contribution in [0.15, 0.2) is 12.2 Å². The van der Waals surface area contributed by atoms with E-state index < -0.39 is 10.8 Å². The van der Waals surface area contributed by atoms with Gasteiger partial charge < -0.3 is 0 Å². The fraction of sp³-hybridized carbons (Fsp3) is 0.250. The van der Waals surface area contributed by atoms with Gasteiger partial charge in [0.25, 0.3) is 0 Å². The number of hydrogen-bond donors (Lipinski definition) is 1. The lowest BCUT2D eigenvalue weighted by molar-refractivity contribution is -0.719. The second-order valence-electron chi connectivity index (χ2n) is 1.36. The summed E-state index contributed by atoms with van der Waals surface area (Å²) in [6, 6.07) is 0. The van der Waals surface area contributed by atoms with Crippen molar-refractivity contribution in [1.82, 2.24) is 0 Å². The molecule has 0 fully saturated rings. The summed E-state index contributed by atoms with van der Waals surface area (Å²) >= 11 is 0. The van der Waals surface area contributed by atoms with Crippen molar-refractivity contribution in [1.29, 1.82) is 0 Å². The maximum atomic E-state index is 10.1. The molecule has 0 aliphatic heterocycles. The maximum absolute atomic E-state index is 10.1. The van der Waals surface area contributed by atoms with E-state index >= 15 is 0 Å². The van der Waals surface area contributed by atoms with Crippen LogP contribution in [-0.2, 0) is 4.79 Å². The quantitative estimate of drug-likeness (QED) is 0.303. The number of nitrogens with zero attached hydrogens (tertiary/aromatic N) is 1. The molecule has 4 nitrogen and oxygen atoms in total. The van der Waals surface area contributed by atoms with Crippen molar-refractivity contribution in [2.75, 3.05) is 0 Å². The summed E-state index contributed by atoms with van der Waals surface area (Å²) < 4.78 is 0. The van der Waals surface area contributed by atoms with E-state index in [2.05, 4.69) is 6.58 Å². The molecule has 0 bridgehead atoms. The van der Waals surface area contributed by atoms with Gasteiger partial charge in [-0.25, -0.2) is 10.0 Å². The first-order valence-electron chi connectivity index (χ1n) is 1.91. The Balaban J connectivity index is 4.05. The molecular formula is C4H6NO3+. The van der Waals surface area contributed by atoms with Gasteiger partial charge >= 0.3 is 10.8 Å². The molecule has 0 aliphatic rings. The number of carbonyl (C=O) groups excluding carboxylic acids is 1. The van der Waals surface area contributed by atoms with Crippen molar-refractivity contribution in [2.45, 2.75) is 6.92 Å². The van der Waals surface area contributed by atoms with Crippen molar-refractivity contribution < 1.29 is 14.9 Å². The normalized spacial score (nSPS) is 8.12. The lowest BCUT2D eigenvalue weighted by Gasteiger charge is -1.75. The molecule has 0 saturated carbocycles. The summed E-state index contributed by atoms with van der Waals surface area (Å²) in [6.45, 7) is 4.46. The average Bonchev–Trinajstić information content (AvgIpc) is 1.64. The second-order valence-corrected chi connectivity index (χ2v) is 1.36. The van der Waals surface area contributed by atoms with Gasteiger partial charge in [-0.05, 0) is 6.92 Å². The van der Waals surface area contributed by atoms with Crippen LogP contribution in [0.4, 0.5) is 0 Å². The molecule has 0 aromatic heterocycles. The highest BCUT2D eigenvalue weighted by Crippen LogP contribution is 1.86. The van der Waals surface area contributed by atoms with Gasteiger partial charge in [0.05, 0.1) is 10.5 Å². The smallest absolute Gasteiger partial charge is 0.238 e. The Bertz CT molecular complexity index is 133. The molecule has 0 unspecified atom stereocenters. The van der Waals surface area contributed by atoms with E-state index in [1.165, 1.54) is 6.92 Å². The minimum atomic E-state index is -1.01. The van der Waals surface area contributed by atoms with Gasteiger partial charge in [-0.3, -0.25) is 0 Å². The molecule has 8 heavy (non-hydrogen) atoms. The number of hydrogen-bond acceptors (Lipinski definition) is 2. The Kier molecular flexibility index (Phi) is 1.88. The van der Waals surface area contributed by atoms with E-state index in [1.807, 2.05) is 0 Å². The van der Waals surface area contributed by atoms with E-state index in [4.69, 9.17) is 5.21 Å². The molecule has 0 aliphatic carbocycles. The van der Waals surface area contributed by atoms with Crippen LogP contribution in [-0.4, -0.2) is 16.0 Å². The lowest BCUT2D eigenvalue weighted by atomic mass is 10.3. The molecule has 0 heterocycles. The Hall–Kier alpha value is -1.19. The fourth-order valence-corrected chi connectivity index (χ4v) is 0.163. The molecule has 0 spiro atoms. The molecule has 4 heteroatoms. The largest absolute Gasteiger partial charge is 0.517 e. The number of carbonyl (C=O) groups is 1. The van der Waals surface area contributed by atoms with Crippen molar-refractivity contribution in [3.8, 4) is 0 Å². The highest BCUT2D eigenvalue weighted by molar-refractivity contribution is 5.84. The lowest BCUT2D eigenvalue weighted by Crippen LogP contribution is -2.13. The molecule has 1 N–H and O–H groups in total. The zero-order chi connectivity index (χ0) is 6.73. The van der Waals surface area contributed by atoms with Crippen LogP contribution in [0, 0.1) is 4.91 Å². The minimum absolute atomic E-state index is 0.0162. The van der Waals surface area contributed by atoms with Crippen LogP contribution in [0.3, 0.4) is 0 Å². The molecule has 0 saturated heterocycles. The third-order valence-corrected chi connectivity index (χ3v) is 0.539.